The molecule has 0 saturated heterocycles. The maximum absolute atomic E-state index is 5.54. The van der Waals surface area contributed by atoms with Crippen molar-refractivity contribution in [3.05, 3.63) is 30.7 Å². The summed E-state index contributed by atoms with van der Waals surface area (Å²) >= 11 is 0. The fraction of sp³-hybridized carbons (Fsp3) is 0.182. The Balaban J connectivity index is 2.41. The standard InChI is InChI=1S/C11H11N3O/c12-4-5-14-10-9(7-13-14)2-1-8-3-6-15-11(8)10/h1-3,6-7H,4-5,12H2. The molecule has 4 nitrogen and oxygen atoms in total. The van der Waals surface area contributed by atoms with Gasteiger partial charge in [0.2, 0.25) is 0 Å². The first kappa shape index (κ1) is 8.49. The summed E-state index contributed by atoms with van der Waals surface area (Å²) in [6.45, 7) is 1.29. The van der Waals surface area contributed by atoms with Gasteiger partial charge in [-0.2, -0.15) is 5.10 Å². The lowest BCUT2D eigenvalue weighted by molar-refractivity contribution is 0.605. The van der Waals surface area contributed by atoms with E-state index in [0.29, 0.717) is 13.1 Å². The van der Waals surface area contributed by atoms with E-state index in [0.717, 1.165) is 21.9 Å². The number of aromatic nitrogens is 2. The van der Waals surface area contributed by atoms with Gasteiger partial charge in [-0.15, -0.1) is 0 Å². The summed E-state index contributed by atoms with van der Waals surface area (Å²) in [5, 5.41) is 6.48. The molecule has 2 aromatic heterocycles. The van der Waals surface area contributed by atoms with Gasteiger partial charge in [-0.3, -0.25) is 4.68 Å². The van der Waals surface area contributed by atoms with Crippen molar-refractivity contribution in [1.82, 2.24) is 9.78 Å². The van der Waals surface area contributed by atoms with Gasteiger partial charge in [-0.1, -0.05) is 12.1 Å². The van der Waals surface area contributed by atoms with Crippen LogP contribution in [0.5, 0.6) is 0 Å². The smallest absolute Gasteiger partial charge is 0.159 e. The minimum absolute atomic E-state index is 0.577. The Morgan fingerprint density at radius 2 is 2.13 bits per heavy atom. The van der Waals surface area contributed by atoms with Gasteiger partial charge < -0.3 is 10.2 Å². The highest BCUT2D eigenvalue weighted by molar-refractivity contribution is 6.01. The first-order chi connectivity index (χ1) is 7.40. The SMILES string of the molecule is NCCn1ncc2ccc3ccoc3c21. The molecule has 0 atom stereocenters. The van der Waals surface area contributed by atoms with E-state index in [-0.39, 0.29) is 0 Å². The van der Waals surface area contributed by atoms with Gasteiger partial charge >= 0.3 is 0 Å². The van der Waals surface area contributed by atoms with E-state index in [4.69, 9.17) is 10.2 Å². The van der Waals surface area contributed by atoms with Crippen LogP contribution in [0.15, 0.2) is 35.1 Å². The molecule has 0 aliphatic rings. The minimum Gasteiger partial charge on any atom is -0.462 e. The largest absolute Gasteiger partial charge is 0.462 e. The first-order valence-electron chi connectivity index (χ1n) is 4.92. The zero-order valence-corrected chi connectivity index (χ0v) is 8.18. The Labute approximate surface area is 86.3 Å². The normalized spacial score (nSPS) is 11.5. The molecule has 0 saturated carbocycles. The molecule has 0 aliphatic heterocycles. The van der Waals surface area contributed by atoms with Gasteiger partial charge in [0.1, 0.15) is 5.52 Å². The maximum Gasteiger partial charge on any atom is 0.159 e. The number of nitrogens with two attached hydrogens (primary N) is 1. The molecule has 0 unspecified atom stereocenters. The summed E-state index contributed by atoms with van der Waals surface area (Å²) in [7, 11) is 0. The van der Waals surface area contributed by atoms with Crippen LogP contribution in [0.25, 0.3) is 21.9 Å². The van der Waals surface area contributed by atoms with E-state index in [9.17, 15) is 0 Å². The van der Waals surface area contributed by atoms with Gasteiger partial charge in [-0.05, 0) is 6.07 Å². The van der Waals surface area contributed by atoms with Crippen molar-refractivity contribution >= 4 is 21.9 Å². The molecule has 2 heterocycles. The lowest BCUT2D eigenvalue weighted by Gasteiger charge is -2.00. The van der Waals surface area contributed by atoms with E-state index in [1.807, 2.05) is 29.1 Å². The quantitative estimate of drug-likeness (QED) is 0.687. The van der Waals surface area contributed by atoms with Crippen LogP contribution in [0.1, 0.15) is 0 Å². The van der Waals surface area contributed by atoms with Gasteiger partial charge in [-0.25, -0.2) is 0 Å². The molecule has 3 rings (SSSR count). The highest BCUT2D eigenvalue weighted by Gasteiger charge is 2.08. The summed E-state index contributed by atoms with van der Waals surface area (Å²) in [5.41, 5.74) is 7.46. The van der Waals surface area contributed by atoms with Crippen molar-refractivity contribution in [2.45, 2.75) is 6.54 Å². The lowest BCUT2D eigenvalue weighted by atomic mass is 10.2. The summed E-state index contributed by atoms with van der Waals surface area (Å²) in [6, 6.07) is 6.04. The van der Waals surface area contributed by atoms with Crippen molar-refractivity contribution in [3.63, 3.8) is 0 Å². The van der Waals surface area contributed by atoms with Gasteiger partial charge in [0.25, 0.3) is 0 Å². The Morgan fingerprint density at radius 1 is 1.27 bits per heavy atom. The van der Waals surface area contributed by atoms with Crippen LogP contribution in [-0.2, 0) is 6.54 Å². The fourth-order valence-electron chi connectivity index (χ4n) is 1.88. The molecule has 0 radical (unpaired) electrons. The van der Waals surface area contributed by atoms with Crippen LogP contribution < -0.4 is 5.73 Å². The van der Waals surface area contributed by atoms with Crippen LogP contribution in [0, 0.1) is 0 Å². The third-order valence-electron chi connectivity index (χ3n) is 2.56. The highest BCUT2D eigenvalue weighted by atomic mass is 16.3. The van der Waals surface area contributed by atoms with E-state index in [2.05, 4.69) is 5.10 Å². The average Bonchev–Trinajstić information content (AvgIpc) is 2.83. The van der Waals surface area contributed by atoms with E-state index in [1.54, 1.807) is 6.26 Å². The van der Waals surface area contributed by atoms with Gasteiger partial charge in [0, 0.05) is 17.3 Å². The zero-order valence-electron chi connectivity index (χ0n) is 8.18. The van der Waals surface area contributed by atoms with Gasteiger partial charge in [0.05, 0.1) is 19.0 Å². The van der Waals surface area contributed by atoms with E-state index in [1.165, 1.54) is 0 Å². The number of fused-ring (bicyclic) bond motifs is 3. The summed E-state index contributed by atoms with van der Waals surface area (Å²) < 4.78 is 7.36. The molecule has 3 aromatic rings. The molecule has 0 bridgehead atoms. The van der Waals surface area contributed by atoms with Crippen molar-refractivity contribution in [2.24, 2.45) is 5.73 Å². The molecule has 76 valence electrons. The van der Waals surface area contributed by atoms with Crippen molar-refractivity contribution in [2.75, 3.05) is 6.54 Å². The number of benzene rings is 1. The number of rotatable bonds is 2. The molecule has 0 amide bonds. The second kappa shape index (κ2) is 3.10. The Kier molecular flexibility index (Phi) is 1.76. The molecule has 2 N–H and O–H groups in total. The summed E-state index contributed by atoms with van der Waals surface area (Å²) in [6.07, 6.45) is 3.54. The number of furan rings is 1. The predicted molar refractivity (Wildman–Crippen MR) is 58.6 cm³/mol. The third-order valence-corrected chi connectivity index (χ3v) is 2.56. The first-order valence-corrected chi connectivity index (χ1v) is 4.92. The topological polar surface area (TPSA) is 57.0 Å². The average molecular weight is 201 g/mol. The zero-order chi connectivity index (χ0) is 10.3. The van der Waals surface area contributed by atoms with Crippen LogP contribution in [-0.4, -0.2) is 16.3 Å². The molecule has 1 aromatic carbocycles. The summed E-state index contributed by atoms with van der Waals surface area (Å²) in [5.74, 6) is 0. The molecule has 0 fully saturated rings. The Hall–Kier alpha value is -1.81. The highest BCUT2D eigenvalue weighted by Crippen LogP contribution is 2.25. The van der Waals surface area contributed by atoms with Crippen LogP contribution in [0.4, 0.5) is 0 Å². The van der Waals surface area contributed by atoms with Crippen molar-refractivity contribution < 1.29 is 4.42 Å². The lowest BCUT2D eigenvalue weighted by Crippen LogP contribution is -2.10. The second-order valence-electron chi connectivity index (χ2n) is 3.50. The van der Waals surface area contributed by atoms with Crippen molar-refractivity contribution in [3.8, 4) is 0 Å². The van der Waals surface area contributed by atoms with E-state index < -0.39 is 0 Å². The third kappa shape index (κ3) is 1.15. The predicted octanol–water partition coefficient (Wildman–Crippen LogP) is 1.74. The van der Waals surface area contributed by atoms with Crippen LogP contribution >= 0.6 is 0 Å². The number of hydrogen-bond donors (Lipinski definition) is 1. The monoisotopic (exact) mass is 201 g/mol. The minimum atomic E-state index is 0.577. The van der Waals surface area contributed by atoms with Gasteiger partial charge in [0.15, 0.2) is 5.58 Å². The van der Waals surface area contributed by atoms with Crippen molar-refractivity contribution in [1.29, 1.82) is 0 Å². The van der Waals surface area contributed by atoms with Crippen LogP contribution in [0.2, 0.25) is 0 Å². The fourth-order valence-corrected chi connectivity index (χ4v) is 1.88. The molecule has 0 spiro atoms. The molecule has 15 heavy (non-hydrogen) atoms. The maximum atomic E-state index is 5.54. The van der Waals surface area contributed by atoms with E-state index >= 15 is 0 Å². The Morgan fingerprint density at radius 3 is 3.00 bits per heavy atom. The molecular weight excluding hydrogens is 190 g/mol. The number of nitrogens with zero attached hydrogens (tertiary/aromatic N) is 2. The molecular formula is C11H11N3O. The summed E-state index contributed by atoms with van der Waals surface area (Å²) in [4.78, 5) is 0. The molecule has 4 heteroatoms. The van der Waals surface area contributed by atoms with Crippen LogP contribution in [0.3, 0.4) is 0 Å². The Bertz CT molecular complexity index is 608. The number of hydrogen-bond acceptors (Lipinski definition) is 3. The second-order valence-corrected chi connectivity index (χ2v) is 3.50. The molecule has 0 aliphatic carbocycles.